The zero-order valence-electron chi connectivity index (χ0n) is 10.4. The second kappa shape index (κ2) is 5.35. The van der Waals surface area contributed by atoms with Gasteiger partial charge >= 0.3 is 6.09 Å². The van der Waals surface area contributed by atoms with Crippen LogP contribution in [0, 0.1) is 0 Å². The number of carbonyl (C=O) groups excluding carboxylic acids is 2. The van der Waals surface area contributed by atoms with Crippen LogP contribution in [-0.4, -0.2) is 41.4 Å². The van der Waals surface area contributed by atoms with Gasteiger partial charge in [0.1, 0.15) is 11.6 Å². The summed E-state index contributed by atoms with van der Waals surface area (Å²) in [5.74, 6) is -0.285. The maximum Gasteiger partial charge on any atom is 0.408 e. The molecule has 0 spiro atoms. The molecule has 6 heteroatoms. The molecule has 1 saturated heterocycles. The van der Waals surface area contributed by atoms with Crippen LogP contribution in [0.4, 0.5) is 4.79 Å². The van der Waals surface area contributed by atoms with Crippen molar-refractivity contribution in [3.05, 3.63) is 0 Å². The lowest BCUT2D eigenvalue weighted by Crippen LogP contribution is -2.47. The monoisotopic (exact) mass is 244 g/mol. The number of alkyl carbamates (subject to hydrolysis) is 1. The van der Waals surface area contributed by atoms with Gasteiger partial charge in [-0.05, 0) is 33.6 Å². The van der Waals surface area contributed by atoms with Gasteiger partial charge in [-0.15, -0.1) is 0 Å². The number of ether oxygens (including phenoxy) is 1. The van der Waals surface area contributed by atoms with Crippen molar-refractivity contribution in [1.82, 2.24) is 10.6 Å². The van der Waals surface area contributed by atoms with Gasteiger partial charge in [-0.3, -0.25) is 4.79 Å². The quantitative estimate of drug-likeness (QED) is 0.612. The van der Waals surface area contributed by atoms with Gasteiger partial charge < -0.3 is 20.5 Å². The van der Waals surface area contributed by atoms with Crippen molar-refractivity contribution in [2.75, 3.05) is 6.54 Å². The maximum atomic E-state index is 11.6. The molecule has 0 aromatic rings. The van der Waals surface area contributed by atoms with Gasteiger partial charge in [0.25, 0.3) is 0 Å². The summed E-state index contributed by atoms with van der Waals surface area (Å²) in [4.78, 5) is 23.1. The van der Waals surface area contributed by atoms with Gasteiger partial charge in [-0.25, -0.2) is 4.79 Å². The highest BCUT2D eigenvalue weighted by Crippen LogP contribution is 2.09. The summed E-state index contributed by atoms with van der Waals surface area (Å²) in [5, 5.41) is 14.4. The first kappa shape index (κ1) is 13.8. The van der Waals surface area contributed by atoms with E-state index in [0.29, 0.717) is 12.8 Å². The Hall–Kier alpha value is -1.30. The van der Waals surface area contributed by atoms with Crippen LogP contribution in [-0.2, 0) is 9.53 Å². The molecule has 0 radical (unpaired) electrons. The molecule has 2 amide bonds. The number of amides is 2. The number of nitrogens with one attached hydrogen (secondary N) is 2. The maximum absolute atomic E-state index is 11.6. The molecule has 1 fully saturated rings. The fourth-order valence-electron chi connectivity index (χ4n) is 1.52. The minimum atomic E-state index is -0.637. The van der Waals surface area contributed by atoms with Crippen LogP contribution in [0.3, 0.4) is 0 Å². The fraction of sp³-hybridized carbons (Fsp3) is 0.818. The van der Waals surface area contributed by atoms with Crippen molar-refractivity contribution in [2.45, 2.75) is 51.4 Å². The summed E-state index contributed by atoms with van der Waals surface area (Å²) in [6, 6.07) is -0.637. The Labute approximate surface area is 101 Å². The number of carbonyl (C=O) groups is 2. The molecule has 0 bridgehead atoms. The Bertz CT molecular complexity index is 298. The van der Waals surface area contributed by atoms with Crippen LogP contribution < -0.4 is 10.6 Å². The Kier molecular flexibility index (Phi) is 4.34. The third-order valence-electron chi connectivity index (χ3n) is 2.31. The molecular weight excluding hydrogens is 224 g/mol. The number of hydrogen-bond acceptors (Lipinski definition) is 4. The highest BCUT2D eigenvalue weighted by Gasteiger charge is 2.27. The molecule has 0 aromatic heterocycles. The van der Waals surface area contributed by atoms with Crippen LogP contribution in [0.15, 0.2) is 0 Å². The van der Waals surface area contributed by atoms with Crippen LogP contribution in [0.2, 0.25) is 0 Å². The highest BCUT2D eigenvalue weighted by atomic mass is 16.6. The van der Waals surface area contributed by atoms with E-state index in [-0.39, 0.29) is 12.5 Å². The van der Waals surface area contributed by atoms with E-state index < -0.39 is 23.8 Å². The van der Waals surface area contributed by atoms with Crippen molar-refractivity contribution in [2.24, 2.45) is 0 Å². The molecule has 2 atom stereocenters. The minimum absolute atomic E-state index is 0.228. The topological polar surface area (TPSA) is 87.7 Å². The minimum Gasteiger partial charge on any atom is -0.444 e. The summed E-state index contributed by atoms with van der Waals surface area (Å²) in [5.41, 5.74) is -0.592. The first-order valence-electron chi connectivity index (χ1n) is 5.73. The first-order valence-corrected chi connectivity index (χ1v) is 5.73. The van der Waals surface area contributed by atoms with E-state index >= 15 is 0 Å². The summed E-state index contributed by atoms with van der Waals surface area (Å²) in [6.07, 6.45) is -0.288. The van der Waals surface area contributed by atoms with Gasteiger partial charge in [0.05, 0.1) is 6.10 Å². The van der Waals surface area contributed by atoms with Gasteiger partial charge in [0.15, 0.2) is 0 Å². The van der Waals surface area contributed by atoms with Crippen molar-refractivity contribution >= 4 is 12.0 Å². The third kappa shape index (κ3) is 5.04. The summed E-state index contributed by atoms with van der Waals surface area (Å²) < 4.78 is 5.06. The predicted molar refractivity (Wildman–Crippen MR) is 61.4 cm³/mol. The Balaban J connectivity index is 2.49. The smallest absolute Gasteiger partial charge is 0.408 e. The molecule has 0 unspecified atom stereocenters. The molecule has 17 heavy (non-hydrogen) atoms. The molecule has 6 nitrogen and oxygen atoms in total. The molecule has 98 valence electrons. The van der Waals surface area contributed by atoms with Gasteiger partial charge in [-0.2, -0.15) is 0 Å². The highest BCUT2D eigenvalue weighted by molar-refractivity contribution is 5.85. The Morgan fingerprint density at radius 3 is 2.71 bits per heavy atom. The summed E-state index contributed by atoms with van der Waals surface area (Å²) in [6.45, 7) is 5.49. The Morgan fingerprint density at radius 2 is 2.12 bits per heavy atom. The fourth-order valence-corrected chi connectivity index (χ4v) is 1.52. The molecule has 3 N–H and O–H groups in total. The van der Waals surface area contributed by atoms with Crippen LogP contribution in [0.25, 0.3) is 0 Å². The molecular formula is C11H20N2O4. The molecule has 0 aliphatic carbocycles. The van der Waals surface area contributed by atoms with Gasteiger partial charge in [0, 0.05) is 6.54 Å². The number of hydrogen-bond donors (Lipinski definition) is 3. The van der Waals surface area contributed by atoms with Crippen molar-refractivity contribution < 1.29 is 19.4 Å². The SMILES string of the molecule is CC(C)(C)OC(=O)N[C@H]1CC[C@H](O)CNC1=O. The van der Waals surface area contributed by atoms with E-state index in [1.807, 2.05) is 0 Å². The zero-order valence-corrected chi connectivity index (χ0v) is 10.4. The lowest BCUT2D eigenvalue weighted by molar-refractivity contribution is -0.123. The van der Waals surface area contributed by atoms with Crippen molar-refractivity contribution in [3.63, 3.8) is 0 Å². The number of aliphatic hydroxyl groups excluding tert-OH is 1. The average molecular weight is 244 g/mol. The van der Waals surface area contributed by atoms with E-state index in [1.54, 1.807) is 20.8 Å². The molecule has 1 heterocycles. The van der Waals surface area contributed by atoms with Gasteiger partial charge in [0.2, 0.25) is 5.91 Å². The number of rotatable bonds is 1. The largest absolute Gasteiger partial charge is 0.444 e. The standard InChI is InChI=1S/C11H20N2O4/c1-11(2,3)17-10(16)13-8-5-4-7(14)6-12-9(8)15/h7-8,14H,4-6H2,1-3H3,(H,12,15)(H,13,16)/t7-,8-/m0/s1. The third-order valence-corrected chi connectivity index (χ3v) is 2.31. The van der Waals surface area contributed by atoms with E-state index in [2.05, 4.69) is 10.6 Å². The van der Waals surface area contributed by atoms with E-state index in [1.165, 1.54) is 0 Å². The number of aliphatic hydroxyl groups is 1. The average Bonchev–Trinajstić information content (AvgIpc) is 2.30. The van der Waals surface area contributed by atoms with Crippen LogP contribution in [0.1, 0.15) is 33.6 Å². The van der Waals surface area contributed by atoms with Crippen molar-refractivity contribution in [3.8, 4) is 0 Å². The molecule has 0 aromatic carbocycles. The van der Waals surface area contributed by atoms with E-state index in [0.717, 1.165) is 0 Å². The normalized spacial score (nSPS) is 25.8. The van der Waals surface area contributed by atoms with Crippen molar-refractivity contribution in [1.29, 1.82) is 0 Å². The zero-order chi connectivity index (χ0) is 13.1. The predicted octanol–water partition coefficient (Wildman–Crippen LogP) is 0.151. The molecule has 1 aliphatic rings. The van der Waals surface area contributed by atoms with Crippen LogP contribution in [0.5, 0.6) is 0 Å². The molecule has 1 aliphatic heterocycles. The van der Waals surface area contributed by atoms with Crippen LogP contribution >= 0.6 is 0 Å². The second-order valence-corrected chi connectivity index (χ2v) is 5.18. The Morgan fingerprint density at radius 1 is 1.47 bits per heavy atom. The molecule has 0 saturated carbocycles. The molecule has 1 rings (SSSR count). The lowest BCUT2D eigenvalue weighted by atomic mass is 10.1. The van der Waals surface area contributed by atoms with E-state index in [9.17, 15) is 14.7 Å². The first-order chi connectivity index (χ1) is 7.78. The number of β-amino-alcohol motifs (C(OH)–C–C–N with tert-alkyl or cyclic N) is 1. The lowest BCUT2D eigenvalue weighted by Gasteiger charge is -2.22. The van der Waals surface area contributed by atoms with Gasteiger partial charge in [-0.1, -0.05) is 0 Å². The summed E-state index contributed by atoms with van der Waals surface area (Å²) >= 11 is 0. The summed E-state index contributed by atoms with van der Waals surface area (Å²) in [7, 11) is 0. The van der Waals surface area contributed by atoms with E-state index in [4.69, 9.17) is 4.74 Å². The second-order valence-electron chi connectivity index (χ2n) is 5.18.